The summed E-state index contributed by atoms with van der Waals surface area (Å²) < 4.78 is 15.9. The molecule has 2 aromatic heterocycles. The maximum Gasteiger partial charge on any atom is 0.238 e. The van der Waals surface area contributed by atoms with Gasteiger partial charge in [-0.05, 0) is 18.6 Å². The van der Waals surface area contributed by atoms with E-state index in [0.717, 1.165) is 17.2 Å². The molecule has 1 saturated heterocycles. The van der Waals surface area contributed by atoms with Crippen LogP contribution in [0.2, 0.25) is 0 Å². The molecule has 0 radical (unpaired) electrons. The van der Waals surface area contributed by atoms with E-state index in [9.17, 15) is 0 Å². The van der Waals surface area contributed by atoms with Gasteiger partial charge in [0, 0.05) is 38.4 Å². The van der Waals surface area contributed by atoms with Gasteiger partial charge in [-0.2, -0.15) is 9.36 Å². The maximum absolute atomic E-state index is 6.05. The normalized spacial score (nSPS) is 21.1. The van der Waals surface area contributed by atoms with Gasteiger partial charge in [0.25, 0.3) is 0 Å². The summed E-state index contributed by atoms with van der Waals surface area (Å²) in [5.74, 6) is 0.709. The van der Waals surface area contributed by atoms with Crippen LogP contribution in [0.4, 0.5) is 11.1 Å². The molecule has 2 aromatic rings. The van der Waals surface area contributed by atoms with E-state index >= 15 is 0 Å². The fourth-order valence-corrected chi connectivity index (χ4v) is 3.04. The average molecular weight is 335 g/mol. The van der Waals surface area contributed by atoms with Crippen molar-refractivity contribution in [2.24, 2.45) is 0 Å². The molecular weight excluding hydrogens is 314 g/mol. The number of anilines is 2. The highest BCUT2D eigenvalue weighted by molar-refractivity contribution is 7.09. The highest BCUT2D eigenvalue weighted by atomic mass is 32.1. The molecule has 1 aliphatic rings. The summed E-state index contributed by atoms with van der Waals surface area (Å²) in [5, 5.41) is 4.18. The standard InChI is InChI=1S/C15H21N5O2S/c1-20(2)14-18-15(23-19-14)17-12-10-21-8-6-13(12)22-9-11-5-3-4-7-16-11/h3-5,7,12-13H,6,8-10H2,1-2H3,(H,17,18,19)/t12-,13-/m1/s1. The van der Waals surface area contributed by atoms with E-state index in [1.807, 2.05) is 37.2 Å². The Hall–Kier alpha value is -1.77. The summed E-state index contributed by atoms with van der Waals surface area (Å²) in [6, 6.07) is 5.90. The third-order valence-corrected chi connectivity index (χ3v) is 4.23. The molecule has 0 unspecified atom stereocenters. The molecule has 3 rings (SSSR count). The third-order valence-electron chi connectivity index (χ3n) is 3.59. The van der Waals surface area contributed by atoms with Crippen LogP contribution in [0.5, 0.6) is 0 Å². The number of rotatable bonds is 6. The Morgan fingerprint density at radius 1 is 1.43 bits per heavy atom. The van der Waals surface area contributed by atoms with Gasteiger partial charge in [-0.15, -0.1) is 0 Å². The fourth-order valence-electron chi connectivity index (χ4n) is 2.34. The van der Waals surface area contributed by atoms with Crippen LogP contribution in [0.15, 0.2) is 24.4 Å². The zero-order chi connectivity index (χ0) is 16.1. The van der Waals surface area contributed by atoms with Crippen LogP contribution in [0.25, 0.3) is 0 Å². The van der Waals surface area contributed by atoms with Crippen LogP contribution in [-0.4, -0.2) is 53.8 Å². The Morgan fingerprint density at radius 3 is 3.09 bits per heavy atom. The Balaban J connectivity index is 1.59. The van der Waals surface area contributed by atoms with E-state index in [4.69, 9.17) is 9.47 Å². The van der Waals surface area contributed by atoms with E-state index in [0.29, 0.717) is 25.8 Å². The van der Waals surface area contributed by atoms with Gasteiger partial charge in [-0.3, -0.25) is 4.98 Å². The molecule has 1 fully saturated rings. The van der Waals surface area contributed by atoms with Crippen molar-refractivity contribution in [2.45, 2.75) is 25.2 Å². The highest BCUT2D eigenvalue weighted by Crippen LogP contribution is 2.21. The number of nitrogens with zero attached hydrogens (tertiary/aromatic N) is 4. The van der Waals surface area contributed by atoms with Crippen molar-refractivity contribution in [3.8, 4) is 0 Å². The third kappa shape index (κ3) is 4.37. The molecule has 0 aromatic carbocycles. The molecule has 0 amide bonds. The number of ether oxygens (including phenoxy) is 2. The lowest BCUT2D eigenvalue weighted by molar-refractivity contribution is -0.0486. The number of aromatic nitrogens is 3. The largest absolute Gasteiger partial charge is 0.379 e. The van der Waals surface area contributed by atoms with Crippen LogP contribution < -0.4 is 10.2 Å². The van der Waals surface area contributed by atoms with Crippen LogP contribution in [0, 0.1) is 0 Å². The quantitative estimate of drug-likeness (QED) is 0.863. The zero-order valence-electron chi connectivity index (χ0n) is 13.3. The van der Waals surface area contributed by atoms with Gasteiger partial charge in [0.1, 0.15) is 0 Å². The molecule has 0 saturated carbocycles. The Morgan fingerprint density at radius 2 is 2.35 bits per heavy atom. The molecule has 8 heteroatoms. The minimum absolute atomic E-state index is 0.0652. The maximum atomic E-state index is 6.05. The first-order chi connectivity index (χ1) is 11.2. The van der Waals surface area contributed by atoms with Crippen LogP contribution >= 0.6 is 11.5 Å². The van der Waals surface area contributed by atoms with Crippen LogP contribution in [-0.2, 0) is 16.1 Å². The minimum Gasteiger partial charge on any atom is -0.379 e. The molecule has 0 aliphatic carbocycles. The minimum atomic E-state index is 0.0652. The predicted octanol–water partition coefficient (Wildman–Crippen LogP) is 1.79. The summed E-state index contributed by atoms with van der Waals surface area (Å²) in [6.45, 7) is 1.82. The molecule has 124 valence electrons. The lowest BCUT2D eigenvalue weighted by Crippen LogP contribution is -2.44. The van der Waals surface area contributed by atoms with Crippen molar-refractivity contribution in [1.29, 1.82) is 0 Å². The lowest BCUT2D eigenvalue weighted by atomic mass is 10.1. The summed E-state index contributed by atoms with van der Waals surface area (Å²) in [5.41, 5.74) is 0.934. The molecule has 7 nitrogen and oxygen atoms in total. The number of pyridine rings is 1. The monoisotopic (exact) mass is 335 g/mol. The second-order valence-electron chi connectivity index (χ2n) is 5.58. The Bertz CT molecular complexity index is 607. The van der Waals surface area contributed by atoms with Crippen molar-refractivity contribution in [3.63, 3.8) is 0 Å². The van der Waals surface area contributed by atoms with Gasteiger partial charge in [0.05, 0.1) is 31.1 Å². The van der Waals surface area contributed by atoms with E-state index in [1.165, 1.54) is 11.5 Å². The summed E-state index contributed by atoms with van der Waals surface area (Å²) in [4.78, 5) is 10.6. The lowest BCUT2D eigenvalue weighted by Gasteiger charge is -2.31. The van der Waals surface area contributed by atoms with Crippen molar-refractivity contribution < 1.29 is 9.47 Å². The van der Waals surface area contributed by atoms with Gasteiger partial charge < -0.3 is 19.7 Å². The van der Waals surface area contributed by atoms with Crippen LogP contribution in [0.3, 0.4) is 0 Å². The van der Waals surface area contributed by atoms with E-state index in [-0.39, 0.29) is 12.1 Å². The average Bonchev–Trinajstić information content (AvgIpc) is 3.04. The molecular formula is C15H21N5O2S. The summed E-state index contributed by atoms with van der Waals surface area (Å²) in [6.07, 6.45) is 2.70. The van der Waals surface area contributed by atoms with Crippen molar-refractivity contribution >= 4 is 22.6 Å². The van der Waals surface area contributed by atoms with Crippen molar-refractivity contribution in [2.75, 3.05) is 37.5 Å². The SMILES string of the molecule is CN(C)c1nsc(N[C@@H]2COCC[C@H]2OCc2ccccn2)n1. The molecule has 0 bridgehead atoms. The second-order valence-corrected chi connectivity index (χ2v) is 6.33. The van der Waals surface area contributed by atoms with Gasteiger partial charge in [-0.25, -0.2) is 0 Å². The fraction of sp³-hybridized carbons (Fsp3) is 0.533. The smallest absolute Gasteiger partial charge is 0.238 e. The van der Waals surface area contributed by atoms with Crippen LogP contribution in [0.1, 0.15) is 12.1 Å². The molecule has 1 N–H and O–H groups in total. The topological polar surface area (TPSA) is 72.4 Å². The molecule has 3 heterocycles. The molecule has 0 spiro atoms. The van der Waals surface area contributed by atoms with E-state index in [1.54, 1.807) is 6.20 Å². The number of hydrogen-bond acceptors (Lipinski definition) is 8. The summed E-state index contributed by atoms with van der Waals surface area (Å²) >= 11 is 1.35. The van der Waals surface area contributed by atoms with Gasteiger partial charge in [0.2, 0.25) is 11.1 Å². The number of nitrogens with one attached hydrogen (secondary N) is 1. The first-order valence-electron chi connectivity index (χ1n) is 7.59. The zero-order valence-corrected chi connectivity index (χ0v) is 14.1. The molecule has 2 atom stereocenters. The highest BCUT2D eigenvalue weighted by Gasteiger charge is 2.27. The first-order valence-corrected chi connectivity index (χ1v) is 8.36. The van der Waals surface area contributed by atoms with Crippen molar-refractivity contribution in [3.05, 3.63) is 30.1 Å². The number of hydrogen-bond donors (Lipinski definition) is 1. The molecule has 1 aliphatic heterocycles. The van der Waals surface area contributed by atoms with Gasteiger partial charge in [0.15, 0.2) is 0 Å². The predicted molar refractivity (Wildman–Crippen MR) is 89.9 cm³/mol. The van der Waals surface area contributed by atoms with E-state index in [2.05, 4.69) is 19.7 Å². The van der Waals surface area contributed by atoms with Gasteiger partial charge >= 0.3 is 0 Å². The Kier molecular flexibility index (Phi) is 5.37. The first kappa shape index (κ1) is 16.1. The Labute approximate surface area is 139 Å². The van der Waals surface area contributed by atoms with Gasteiger partial charge in [-0.1, -0.05) is 6.07 Å². The van der Waals surface area contributed by atoms with Crippen molar-refractivity contribution in [1.82, 2.24) is 14.3 Å². The second kappa shape index (κ2) is 7.67. The summed E-state index contributed by atoms with van der Waals surface area (Å²) in [7, 11) is 3.85. The molecule has 23 heavy (non-hydrogen) atoms. The van der Waals surface area contributed by atoms with E-state index < -0.39 is 0 Å².